The summed E-state index contributed by atoms with van der Waals surface area (Å²) in [5.74, 6) is 3.63. The Hall–Kier alpha value is -9.53. The summed E-state index contributed by atoms with van der Waals surface area (Å²) >= 11 is 0. The van der Waals surface area contributed by atoms with Crippen LogP contribution in [0.15, 0.2) is 203 Å². The second-order valence-electron chi connectivity index (χ2n) is 23.1. The van der Waals surface area contributed by atoms with Crippen LogP contribution in [0.3, 0.4) is 0 Å². The zero-order valence-electron chi connectivity index (χ0n) is 47.7. The van der Waals surface area contributed by atoms with E-state index < -0.39 is 0 Å². The number of nitrogens with zero attached hydrogens (tertiary/aromatic N) is 5. The van der Waals surface area contributed by atoms with Crippen LogP contribution < -0.4 is 4.74 Å². The van der Waals surface area contributed by atoms with E-state index in [0.717, 1.165) is 88.9 Å². The fourth-order valence-electron chi connectivity index (χ4n) is 12.4. The highest BCUT2D eigenvalue weighted by Crippen LogP contribution is 2.48. The third kappa shape index (κ3) is 8.38. The largest absolute Gasteiger partial charge is 0.457 e. The smallest absolute Gasteiger partial charge is 0.228 e. The fourth-order valence-corrected chi connectivity index (χ4v) is 12.4. The molecule has 82 heavy (non-hydrogen) atoms. The van der Waals surface area contributed by atoms with E-state index in [0.29, 0.717) is 22.8 Å². The van der Waals surface area contributed by atoms with Crippen LogP contribution >= 0.6 is 0 Å². The lowest BCUT2D eigenvalue weighted by molar-refractivity contribution is 0.483. The van der Waals surface area contributed by atoms with Crippen LogP contribution in [0.5, 0.6) is 11.5 Å². The molecule has 0 unspecified atom stereocenters. The minimum Gasteiger partial charge on any atom is -0.457 e. The Bertz CT molecular complexity index is 4740. The van der Waals surface area contributed by atoms with Crippen LogP contribution in [-0.4, -0.2) is 24.1 Å². The second-order valence-corrected chi connectivity index (χ2v) is 23.1. The van der Waals surface area contributed by atoms with Crippen molar-refractivity contribution in [2.24, 2.45) is 0 Å². The molecule has 0 saturated heterocycles. The SMILES string of the molecule is Cc1nc2oc3c(-c4nc5ccccc5n4-c4c(C(C)C)cc(-c5ccccc5)cc4C(C)C)cc(Oc4cccc(-c5nc6ccccc6n5-c5c(C(C)C)cc(-c6ccccc6)cc5C(C)C)c4)cc3c2c2c1oc1ccccc12. The molecule has 14 aromatic rings. The van der Waals surface area contributed by atoms with Gasteiger partial charge < -0.3 is 13.6 Å². The summed E-state index contributed by atoms with van der Waals surface area (Å²) in [6, 6.07) is 68.6. The van der Waals surface area contributed by atoms with Gasteiger partial charge in [0.2, 0.25) is 5.71 Å². The number of para-hydroxylation sites is 5. The molecule has 0 atom stereocenters. The first-order valence-electron chi connectivity index (χ1n) is 28.8. The molecular formula is C74H63N5O3. The Kier molecular flexibility index (Phi) is 12.3. The number of hydrogen-bond donors (Lipinski definition) is 0. The number of furan rings is 2. The van der Waals surface area contributed by atoms with Crippen LogP contribution in [0, 0.1) is 6.92 Å². The molecule has 5 aromatic heterocycles. The van der Waals surface area contributed by atoms with Gasteiger partial charge in [0.15, 0.2) is 5.58 Å². The van der Waals surface area contributed by atoms with Crippen LogP contribution in [-0.2, 0) is 0 Å². The number of aryl methyl sites for hydroxylation is 1. The lowest BCUT2D eigenvalue weighted by Gasteiger charge is -2.24. The Balaban J connectivity index is 1.01. The van der Waals surface area contributed by atoms with Gasteiger partial charge in [-0.25, -0.2) is 15.0 Å². The number of imidazole rings is 2. The van der Waals surface area contributed by atoms with E-state index in [1.54, 1.807) is 0 Å². The highest BCUT2D eigenvalue weighted by Gasteiger charge is 2.29. The highest BCUT2D eigenvalue weighted by molar-refractivity contribution is 6.26. The highest BCUT2D eigenvalue weighted by atomic mass is 16.5. The number of rotatable bonds is 12. The van der Waals surface area contributed by atoms with Gasteiger partial charge in [-0.2, -0.15) is 0 Å². The van der Waals surface area contributed by atoms with E-state index in [2.05, 4.69) is 240 Å². The third-order valence-corrected chi connectivity index (χ3v) is 16.4. The molecule has 0 spiro atoms. The van der Waals surface area contributed by atoms with Crippen molar-refractivity contribution in [3.8, 4) is 67.9 Å². The molecule has 0 aliphatic carbocycles. The maximum atomic E-state index is 7.29. The van der Waals surface area contributed by atoms with Gasteiger partial charge in [-0.3, -0.25) is 9.13 Å². The molecule has 8 heteroatoms. The lowest BCUT2D eigenvalue weighted by atomic mass is 9.88. The van der Waals surface area contributed by atoms with Crippen molar-refractivity contribution in [1.29, 1.82) is 0 Å². The lowest BCUT2D eigenvalue weighted by Crippen LogP contribution is -2.09. The van der Waals surface area contributed by atoms with E-state index in [9.17, 15) is 0 Å². The molecule has 0 aliphatic heterocycles. The number of benzene rings is 9. The number of aromatic nitrogens is 5. The van der Waals surface area contributed by atoms with Gasteiger partial charge in [0.1, 0.15) is 34.3 Å². The van der Waals surface area contributed by atoms with Crippen LogP contribution in [0.2, 0.25) is 0 Å². The van der Waals surface area contributed by atoms with Gasteiger partial charge in [-0.05, 0) is 154 Å². The monoisotopic (exact) mass is 1070 g/mol. The topological polar surface area (TPSA) is 84.0 Å². The predicted octanol–water partition coefficient (Wildman–Crippen LogP) is 20.8. The first-order chi connectivity index (χ1) is 39.9. The van der Waals surface area contributed by atoms with E-state index in [-0.39, 0.29) is 23.7 Å². The molecule has 0 aliphatic rings. The third-order valence-electron chi connectivity index (χ3n) is 16.4. The standard InChI is InChI=1S/C74H63N5O3/c1-42(2)55-36-50(47-23-12-10-13-24-47)37-56(43(3)4)68(55)78-63-32-19-17-30-61(63)76-72(78)49-27-22-28-52(35-49)80-53-40-59-67-66-54-29-16-21-34-65(54)81-70(66)46(9)75-74(67)82-71(59)60(41-53)73-77-62-31-18-20-33-64(62)79(73)69-57(44(5)6)38-51(39-58(69)45(7)8)48-25-14-11-15-26-48/h10-45H,1-9H3. The maximum absolute atomic E-state index is 7.29. The van der Waals surface area contributed by atoms with Crippen molar-refractivity contribution in [3.63, 3.8) is 0 Å². The molecule has 9 aromatic carbocycles. The predicted molar refractivity (Wildman–Crippen MR) is 337 cm³/mol. The minimum atomic E-state index is 0.170. The van der Waals surface area contributed by atoms with Crippen LogP contribution in [0.4, 0.5) is 0 Å². The fraction of sp³-hybridized carbons (Fsp3) is 0.176. The summed E-state index contributed by atoms with van der Waals surface area (Å²) in [6.45, 7) is 20.3. The summed E-state index contributed by atoms with van der Waals surface area (Å²) in [4.78, 5) is 16.2. The number of ether oxygens (including phenoxy) is 1. The van der Waals surface area contributed by atoms with Crippen LogP contribution in [0.1, 0.15) is 107 Å². The number of fused-ring (bicyclic) bond motifs is 9. The van der Waals surface area contributed by atoms with E-state index in [1.807, 2.05) is 25.1 Å². The van der Waals surface area contributed by atoms with Gasteiger partial charge in [-0.15, -0.1) is 0 Å². The molecule has 8 nitrogen and oxygen atoms in total. The summed E-state index contributed by atoms with van der Waals surface area (Å²) in [5.41, 5.74) is 21.0. The van der Waals surface area contributed by atoms with Crippen molar-refractivity contribution in [2.45, 2.75) is 86.0 Å². The van der Waals surface area contributed by atoms with Gasteiger partial charge in [0.25, 0.3) is 0 Å². The summed E-state index contributed by atoms with van der Waals surface area (Å²) in [6.07, 6.45) is 0. The van der Waals surface area contributed by atoms with Crippen molar-refractivity contribution < 1.29 is 13.6 Å². The van der Waals surface area contributed by atoms with E-state index in [1.165, 1.54) is 50.2 Å². The maximum Gasteiger partial charge on any atom is 0.228 e. The molecule has 14 rings (SSSR count). The Labute approximate surface area is 477 Å². The molecule has 0 N–H and O–H groups in total. The van der Waals surface area contributed by atoms with Crippen molar-refractivity contribution >= 4 is 66.1 Å². The first kappa shape index (κ1) is 50.7. The average Bonchev–Trinajstić information content (AvgIpc) is 2.11. The Morgan fingerprint density at radius 2 is 0.890 bits per heavy atom. The Morgan fingerprint density at radius 3 is 1.46 bits per heavy atom. The first-order valence-corrected chi connectivity index (χ1v) is 28.8. The molecule has 5 heterocycles. The molecule has 0 radical (unpaired) electrons. The zero-order chi connectivity index (χ0) is 56.1. The molecular weight excluding hydrogens is 1010 g/mol. The Morgan fingerprint density at radius 1 is 0.390 bits per heavy atom. The zero-order valence-corrected chi connectivity index (χ0v) is 47.7. The number of hydrogen-bond acceptors (Lipinski definition) is 6. The van der Waals surface area contributed by atoms with Crippen LogP contribution in [0.25, 0.3) is 122 Å². The van der Waals surface area contributed by atoms with Gasteiger partial charge in [0.05, 0.1) is 50.1 Å². The summed E-state index contributed by atoms with van der Waals surface area (Å²) in [7, 11) is 0. The average molecular weight is 1070 g/mol. The summed E-state index contributed by atoms with van der Waals surface area (Å²) < 4.78 is 25.8. The minimum absolute atomic E-state index is 0.170. The van der Waals surface area contributed by atoms with Crippen molar-refractivity contribution in [1.82, 2.24) is 24.1 Å². The second kappa shape index (κ2) is 19.9. The van der Waals surface area contributed by atoms with Gasteiger partial charge >= 0.3 is 0 Å². The molecule has 0 fully saturated rings. The van der Waals surface area contributed by atoms with Gasteiger partial charge in [0, 0.05) is 21.7 Å². The molecule has 0 saturated carbocycles. The normalized spacial score (nSPS) is 12.2. The van der Waals surface area contributed by atoms with E-state index in [4.69, 9.17) is 28.5 Å². The van der Waals surface area contributed by atoms with E-state index >= 15 is 0 Å². The quantitative estimate of drug-likeness (QED) is 0.121. The number of pyridine rings is 1. The molecule has 0 amide bonds. The van der Waals surface area contributed by atoms with Crippen molar-refractivity contribution in [2.75, 3.05) is 0 Å². The molecule has 402 valence electrons. The van der Waals surface area contributed by atoms with Gasteiger partial charge in [-0.1, -0.05) is 171 Å². The summed E-state index contributed by atoms with van der Waals surface area (Å²) in [5, 5.41) is 3.64. The molecule has 0 bridgehead atoms. The van der Waals surface area contributed by atoms with Crippen molar-refractivity contribution in [3.05, 3.63) is 222 Å².